The average Bonchev–Trinajstić information content (AvgIpc) is 2.47. The molecule has 0 radical (unpaired) electrons. The van der Waals surface area contributed by atoms with Crippen molar-refractivity contribution in [2.24, 2.45) is 0 Å². The Bertz CT molecular complexity index is 533. The first-order valence-corrected chi connectivity index (χ1v) is 6.23. The van der Waals surface area contributed by atoms with E-state index in [0.717, 1.165) is 23.2 Å². The highest BCUT2D eigenvalue weighted by molar-refractivity contribution is 5.33. The fourth-order valence-corrected chi connectivity index (χ4v) is 1.77. The van der Waals surface area contributed by atoms with Crippen LogP contribution in [0.25, 0.3) is 0 Å². The molecule has 0 aliphatic carbocycles. The third kappa shape index (κ3) is 3.53. The van der Waals surface area contributed by atoms with Crippen LogP contribution in [0.3, 0.4) is 0 Å². The van der Waals surface area contributed by atoms with E-state index >= 15 is 0 Å². The summed E-state index contributed by atoms with van der Waals surface area (Å²) in [6.07, 6.45) is 0.779. The van der Waals surface area contributed by atoms with Crippen LogP contribution in [0.1, 0.15) is 23.7 Å². The number of aliphatic hydroxyl groups excluding tert-OH is 2. The van der Waals surface area contributed by atoms with E-state index in [1.54, 1.807) is 18.2 Å². The Balaban J connectivity index is 2.26. The van der Waals surface area contributed by atoms with Crippen LogP contribution in [0.15, 0.2) is 36.4 Å². The second-order valence-corrected chi connectivity index (χ2v) is 4.22. The third-order valence-electron chi connectivity index (χ3n) is 2.76. The number of ether oxygens (including phenoxy) is 1. The molecule has 2 rings (SSSR count). The lowest BCUT2D eigenvalue weighted by molar-refractivity contribution is 0.280. The first kappa shape index (κ1) is 13.5. The zero-order valence-corrected chi connectivity index (χ0v) is 10.8. The van der Waals surface area contributed by atoms with Gasteiger partial charge in [0.05, 0.1) is 13.2 Å². The van der Waals surface area contributed by atoms with Crippen LogP contribution in [0, 0.1) is 0 Å². The van der Waals surface area contributed by atoms with Gasteiger partial charge in [-0.25, -0.2) is 4.98 Å². The number of pyridine rings is 1. The summed E-state index contributed by atoms with van der Waals surface area (Å²) >= 11 is 0. The number of hydrogen-bond donors (Lipinski definition) is 2. The predicted molar refractivity (Wildman–Crippen MR) is 72.0 cm³/mol. The van der Waals surface area contributed by atoms with Gasteiger partial charge < -0.3 is 14.9 Å². The van der Waals surface area contributed by atoms with E-state index in [0.29, 0.717) is 11.6 Å². The van der Waals surface area contributed by atoms with Crippen LogP contribution >= 0.6 is 0 Å². The molecule has 0 amide bonds. The van der Waals surface area contributed by atoms with Gasteiger partial charge in [0, 0.05) is 11.8 Å². The first-order chi connectivity index (χ1) is 9.25. The molecule has 0 saturated carbocycles. The normalized spacial score (nSPS) is 10.5. The summed E-state index contributed by atoms with van der Waals surface area (Å²) in [7, 11) is 0. The molecule has 2 aromatic rings. The Morgan fingerprint density at radius 1 is 1.05 bits per heavy atom. The van der Waals surface area contributed by atoms with Gasteiger partial charge in [0.15, 0.2) is 0 Å². The van der Waals surface area contributed by atoms with Gasteiger partial charge >= 0.3 is 0 Å². The van der Waals surface area contributed by atoms with Crippen LogP contribution in [0.5, 0.6) is 11.6 Å². The lowest BCUT2D eigenvalue weighted by Gasteiger charge is -2.09. The molecule has 1 aromatic heterocycles. The highest BCUT2D eigenvalue weighted by atomic mass is 16.5. The van der Waals surface area contributed by atoms with Crippen molar-refractivity contribution in [3.05, 3.63) is 53.2 Å². The van der Waals surface area contributed by atoms with Crippen molar-refractivity contribution >= 4 is 0 Å². The third-order valence-corrected chi connectivity index (χ3v) is 2.76. The highest BCUT2D eigenvalue weighted by Gasteiger charge is 2.04. The molecule has 0 spiro atoms. The summed E-state index contributed by atoms with van der Waals surface area (Å²) < 4.78 is 5.67. The van der Waals surface area contributed by atoms with Crippen molar-refractivity contribution in [1.82, 2.24) is 4.98 Å². The van der Waals surface area contributed by atoms with Gasteiger partial charge in [-0.3, -0.25) is 0 Å². The summed E-state index contributed by atoms with van der Waals surface area (Å²) in [4.78, 5) is 4.35. The predicted octanol–water partition coefficient (Wildman–Crippen LogP) is 2.42. The number of aliphatic hydroxyl groups is 2. The maximum atomic E-state index is 9.21. The van der Waals surface area contributed by atoms with Crippen LogP contribution in [0.2, 0.25) is 0 Å². The maximum absolute atomic E-state index is 9.21. The largest absolute Gasteiger partial charge is 0.439 e. The van der Waals surface area contributed by atoms with E-state index < -0.39 is 0 Å². The standard InChI is InChI=1S/C15H17NO3/c1-2-13-6-12(10-18)8-15(16-13)19-14-5-3-4-11(7-14)9-17/h3-8,17-18H,2,9-10H2,1H3. The minimum Gasteiger partial charge on any atom is -0.439 e. The molecule has 0 aliphatic heterocycles. The van der Waals surface area contributed by atoms with E-state index in [2.05, 4.69) is 4.98 Å². The number of nitrogens with zero attached hydrogens (tertiary/aromatic N) is 1. The van der Waals surface area contributed by atoms with Crippen LogP contribution < -0.4 is 4.74 Å². The van der Waals surface area contributed by atoms with Crippen LogP contribution in [0.4, 0.5) is 0 Å². The van der Waals surface area contributed by atoms with Gasteiger partial charge in [0.25, 0.3) is 0 Å². The smallest absolute Gasteiger partial charge is 0.219 e. The number of aryl methyl sites for hydroxylation is 1. The van der Waals surface area contributed by atoms with Crippen molar-refractivity contribution in [2.45, 2.75) is 26.6 Å². The van der Waals surface area contributed by atoms with Crippen LogP contribution in [-0.4, -0.2) is 15.2 Å². The second-order valence-electron chi connectivity index (χ2n) is 4.22. The number of hydrogen-bond acceptors (Lipinski definition) is 4. The quantitative estimate of drug-likeness (QED) is 0.865. The van der Waals surface area contributed by atoms with E-state index in [9.17, 15) is 5.11 Å². The Labute approximate surface area is 112 Å². The SMILES string of the molecule is CCc1cc(CO)cc(Oc2cccc(CO)c2)n1. The minimum atomic E-state index is -0.0391. The number of rotatable bonds is 5. The lowest BCUT2D eigenvalue weighted by atomic mass is 10.2. The van der Waals surface area contributed by atoms with Gasteiger partial charge in [-0.15, -0.1) is 0 Å². The van der Waals surface area contributed by atoms with Gasteiger partial charge in [-0.2, -0.15) is 0 Å². The molecule has 2 N–H and O–H groups in total. The Hall–Kier alpha value is -1.91. The summed E-state index contributed by atoms with van der Waals surface area (Å²) in [5, 5.41) is 18.3. The molecule has 19 heavy (non-hydrogen) atoms. The Kier molecular flexibility index (Phi) is 4.49. The molecule has 1 heterocycles. The average molecular weight is 259 g/mol. The van der Waals surface area contributed by atoms with Gasteiger partial charge in [-0.05, 0) is 35.7 Å². The van der Waals surface area contributed by atoms with Crippen molar-refractivity contribution in [3.8, 4) is 11.6 Å². The molecule has 1 aromatic carbocycles. The summed E-state index contributed by atoms with van der Waals surface area (Å²) in [5.41, 5.74) is 2.44. The molecular weight excluding hydrogens is 242 g/mol. The zero-order chi connectivity index (χ0) is 13.7. The van der Waals surface area contributed by atoms with Crippen molar-refractivity contribution in [1.29, 1.82) is 0 Å². The lowest BCUT2D eigenvalue weighted by Crippen LogP contribution is -1.96. The first-order valence-electron chi connectivity index (χ1n) is 6.23. The van der Waals surface area contributed by atoms with Gasteiger partial charge in [-0.1, -0.05) is 19.1 Å². The maximum Gasteiger partial charge on any atom is 0.219 e. The molecule has 100 valence electrons. The molecule has 0 unspecified atom stereocenters. The zero-order valence-electron chi connectivity index (χ0n) is 10.8. The van der Waals surface area contributed by atoms with Gasteiger partial charge in [0.1, 0.15) is 5.75 Å². The fraction of sp³-hybridized carbons (Fsp3) is 0.267. The Morgan fingerprint density at radius 3 is 2.53 bits per heavy atom. The number of benzene rings is 1. The van der Waals surface area contributed by atoms with Crippen molar-refractivity contribution in [2.75, 3.05) is 0 Å². The van der Waals surface area contributed by atoms with Crippen molar-refractivity contribution < 1.29 is 14.9 Å². The van der Waals surface area contributed by atoms with E-state index in [4.69, 9.17) is 9.84 Å². The van der Waals surface area contributed by atoms with Gasteiger partial charge in [0.2, 0.25) is 5.88 Å². The summed E-state index contributed by atoms with van der Waals surface area (Å²) in [6, 6.07) is 10.8. The molecule has 0 fully saturated rings. The number of aromatic nitrogens is 1. The monoisotopic (exact) mass is 259 g/mol. The van der Waals surface area contributed by atoms with E-state index in [-0.39, 0.29) is 13.2 Å². The summed E-state index contributed by atoms with van der Waals surface area (Å²) in [6.45, 7) is 1.93. The highest BCUT2D eigenvalue weighted by Crippen LogP contribution is 2.22. The van der Waals surface area contributed by atoms with Crippen LogP contribution in [-0.2, 0) is 19.6 Å². The molecule has 0 bridgehead atoms. The molecular formula is C15H17NO3. The van der Waals surface area contributed by atoms with E-state index in [1.807, 2.05) is 25.1 Å². The molecule has 4 nitrogen and oxygen atoms in total. The van der Waals surface area contributed by atoms with Crippen molar-refractivity contribution in [3.63, 3.8) is 0 Å². The molecule has 0 aliphatic rings. The molecule has 0 saturated heterocycles. The Morgan fingerprint density at radius 2 is 1.84 bits per heavy atom. The molecule has 4 heteroatoms. The topological polar surface area (TPSA) is 62.6 Å². The fourth-order valence-electron chi connectivity index (χ4n) is 1.77. The van der Waals surface area contributed by atoms with E-state index in [1.165, 1.54) is 0 Å². The summed E-state index contributed by atoms with van der Waals surface area (Å²) in [5.74, 6) is 1.08. The second kappa shape index (κ2) is 6.31. The minimum absolute atomic E-state index is 0.0263. The molecule has 0 atom stereocenters.